The van der Waals surface area contributed by atoms with E-state index in [1.54, 1.807) is 36.7 Å². The molecule has 0 atom stereocenters. The third-order valence-electron chi connectivity index (χ3n) is 4.93. The minimum atomic E-state index is -0.261. The lowest BCUT2D eigenvalue weighted by Crippen LogP contribution is -2.38. The molecule has 0 aliphatic carbocycles. The molecule has 3 aliphatic heterocycles. The van der Waals surface area contributed by atoms with E-state index < -0.39 is 0 Å². The lowest BCUT2D eigenvalue weighted by Gasteiger charge is -2.31. The second-order valence-corrected chi connectivity index (χ2v) is 6.88. The third-order valence-corrected chi connectivity index (χ3v) is 5.26. The maximum Gasteiger partial charge on any atom is 0.257 e. The monoisotopic (exact) mass is 393 g/mol. The average molecular weight is 394 g/mol. The van der Waals surface area contributed by atoms with Gasteiger partial charge in [0.1, 0.15) is 0 Å². The number of nitrogens with one attached hydrogen (secondary N) is 1. The van der Waals surface area contributed by atoms with Crippen LogP contribution in [-0.2, 0) is 0 Å². The van der Waals surface area contributed by atoms with Crippen molar-refractivity contribution in [3.63, 3.8) is 0 Å². The number of fused-ring (bicyclic) bond motifs is 4. The van der Waals surface area contributed by atoms with Crippen molar-refractivity contribution in [2.75, 3.05) is 36.4 Å². The molecule has 1 aromatic carbocycles. The predicted molar refractivity (Wildman–Crippen MR) is 105 cm³/mol. The summed E-state index contributed by atoms with van der Waals surface area (Å²) < 4.78 is 0. The minimum absolute atomic E-state index is 0. The van der Waals surface area contributed by atoms with Gasteiger partial charge in [0, 0.05) is 32.2 Å². The maximum atomic E-state index is 12.3. The Bertz CT molecular complexity index is 762. The number of hydrogen-bond acceptors (Lipinski definition) is 5. The Labute approximate surface area is 164 Å². The molecule has 2 aromatic rings. The molecule has 0 spiro atoms. The maximum absolute atomic E-state index is 12.3. The Kier molecular flexibility index (Phi) is 5.96. The Morgan fingerprint density at radius 1 is 1.08 bits per heavy atom. The largest absolute Gasteiger partial charge is 0.336 e. The standard InChI is InChI=1S/C18H20ClN5O.ClH/c19-16-4-2-1-3-15(16)17(25)22-13-11-20-18(21-12-13)24-10-9-23-7-5-14(24)6-8-23;/h1-4,11-12,14H,5-10H2,(H,22,25);1H. The van der Waals surface area contributed by atoms with E-state index in [1.807, 2.05) is 0 Å². The topological polar surface area (TPSA) is 61.4 Å². The van der Waals surface area contributed by atoms with E-state index in [4.69, 9.17) is 11.6 Å². The summed E-state index contributed by atoms with van der Waals surface area (Å²) in [7, 11) is 0. The summed E-state index contributed by atoms with van der Waals surface area (Å²) in [5.74, 6) is 0.479. The third kappa shape index (κ3) is 3.92. The average Bonchev–Trinajstić information content (AvgIpc) is 2.97. The van der Waals surface area contributed by atoms with Crippen molar-refractivity contribution in [2.45, 2.75) is 18.9 Å². The van der Waals surface area contributed by atoms with E-state index in [1.165, 1.54) is 0 Å². The zero-order valence-electron chi connectivity index (χ0n) is 14.3. The van der Waals surface area contributed by atoms with E-state index in [0.29, 0.717) is 22.3 Å². The molecule has 3 fully saturated rings. The van der Waals surface area contributed by atoms with Crippen LogP contribution in [0.3, 0.4) is 0 Å². The summed E-state index contributed by atoms with van der Waals surface area (Å²) in [6.07, 6.45) is 5.64. The Hall–Kier alpha value is -1.89. The van der Waals surface area contributed by atoms with Crippen molar-refractivity contribution in [1.29, 1.82) is 0 Å². The van der Waals surface area contributed by atoms with Gasteiger partial charge < -0.3 is 15.1 Å². The molecule has 1 amide bonds. The second kappa shape index (κ2) is 8.20. The molecule has 4 heterocycles. The molecule has 6 nitrogen and oxygen atoms in total. The molecule has 1 N–H and O–H groups in total. The molecule has 5 rings (SSSR count). The first kappa shape index (κ1) is 18.9. The zero-order valence-corrected chi connectivity index (χ0v) is 15.8. The fourth-order valence-electron chi connectivity index (χ4n) is 3.53. The fourth-order valence-corrected chi connectivity index (χ4v) is 3.75. The number of rotatable bonds is 3. The summed E-state index contributed by atoms with van der Waals surface area (Å²) in [5, 5.41) is 3.22. The van der Waals surface area contributed by atoms with Crippen molar-refractivity contribution >= 4 is 41.6 Å². The van der Waals surface area contributed by atoms with Gasteiger partial charge in [0.25, 0.3) is 5.91 Å². The quantitative estimate of drug-likeness (QED) is 0.867. The van der Waals surface area contributed by atoms with Gasteiger partial charge in [-0.3, -0.25) is 4.79 Å². The molecule has 3 aliphatic rings. The normalized spacial score (nSPS) is 21.7. The second-order valence-electron chi connectivity index (χ2n) is 6.47. The number of hydrogen-bond donors (Lipinski definition) is 1. The molecule has 1 aromatic heterocycles. The van der Waals surface area contributed by atoms with E-state index >= 15 is 0 Å². The highest BCUT2D eigenvalue weighted by molar-refractivity contribution is 6.34. The molecule has 3 saturated heterocycles. The summed E-state index contributed by atoms with van der Waals surface area (Å²) in [4.78, 5) is 26.1. The lowest BCUT2D eigenvalue weighted by atomic mass is 10.1. The number of nitrogens with zero attached hydrogens (tertiary/aromatic N) is 4. The Morgan fingerprint density at radius 2 is 1.77 bits per heavy atom. The number of aromatic nitrogens is 2. The smallest absolute Gasteiger partial charge is 0.257 e. The van der Waals surface area contributed by atoms with Gasteiger partial charge in [-0.25, -0.2) is 9.97 Å². The van der Waals surface area contributed by atoms with Crippen molar-refractivity contribution in [3.8, 4) is 0 Å². The van der Waals surface area contributed by atoms with Crippen LogP contribution in [0.25, 0.3) is 0 Å². The first-order valence-corrected chi connectivity index (χ1v) is 8.95. The fraction of sp³-hybridized carbons (Fsp3) is 0.389. The van der Waals surface area contributed by atoms with Gasteiger partial charge in [-0.2, -0.15) is 0 Å². The van der Waals surface area contributed by atoms with Gasteiger partial charge >= 0.3 is 0 Å². The number of piperidine rings is 1. The van der Waals surface area contributed by atoms with E-state index in [0.717, 1.165) is 45.0 Å². The predicted octanol–water partition coefficient (Wildman–Crippen LogP) is 3.09. The van der Waals surface area contributed by atoms with Gasteiger partial charge in [0.15, 0.2) is 0 Å². The molecular weight excluding hydrogens is 373 g/mol. The molecule has 0 radical (unpaired) electrons. The highest BCUT2D eigenvalue weighted by Gasteiger charge is 2.30. The van der Waals surface area contributed by atoms with Gasteiger partial charge in [-0.05, 0) is 25.0 Å². The van der Waals surface area contributed by atoms with Gasteiger partial charge in [-0.15, -0.1) is 12.4 Å². The van der Waals surface area contributed by atoms with Crippen molar-refractivity contribution in [2.24, 2.45) is 0 Å². The van der Waals surface area contributed by atoms with Crippen molar-refractivity contribution in [3.05, 3.63) is 47.2 Å². The number of halogens is 2. The highest BCUT2D eigenvalue weighted by atomic mass is 35.5. The SMILES string of the molecule is Cl.O=C(Nc1cnc(N2CCN3CCC2CC3)nc1)c1ccccc1Cl. The lowest BCUT2D eigenvalue weighted by molar-refractivity contribution is 0.102. The van der Waals surface area contributed by atoms with E-state index in [-0.39, 0.29) is 18.3 Å². The van der Waals surface area contributed by atoms with Crippen LogP contribution >= 0.6 is 24.0 Å². The number of carbonyl (C=O) groups excluding carboxylic acids is 1. The minimum Gasteiger partial charge on any atom is -0.336 e. The number of carbonyl (C=O) groups is 1. The van der Waals surface area contributed by atoms with Crippen LogP contribution in [0.2, 0.25) is 5.02 Å². The molecule has 0 saturated carbocycles. The van der Waals surface area contributed by atoms with Crippen molar-refractivity contribution in [1.82, 2.24) is 14.9 Å². The summed E-state index contributed by atoms with van der Waals surface area (Å²) >= 11 is 6.06. The number of amides is 1. The van der Waals surface area contributed by atoms with E-state index in [2.05, 4.69) is 25.1 Å². The molecular formula is C18H21Cl2N5O. The number of benzene rings is 1. The molecule has 2 bridgehead atoms. The molecule has 0 unspecified atom stereocenters. The zero-order chi connectivity index (χ0) is 17.2. The van der Waals surface area contributed by atoms with Crippen LogP contribution in [0.1, 0.15) is 23.2 Å². The summed E-state index contributed by atoms with van der Waals surface area (Å²) in [6, 6.07) is 7.48. The summed E-state index contributed by atoms with van der Waals surface area (Å²) in [6.45, 7) is 4.33. The van der Waals surface area contributed by atoms with Crippen LogP contribution in [0, 0.1) is 0 Å². The van der Waals surface area contributed by atoms with E-state index in [9.17, 15) is 4.79 Å². The molecule has 8 heteroatoms. The van der Waals surface area contributed by atoms with Crippen LogP contribution in [0.4, 0.5) is 11.6 Å². The first-order valence-electron chi connectivity index (χ1n) is 8.57. The highest BCUT2D eigenvalue weighted by Crippen LogP contribution is 2.24. The van der Waals surface area contributed by atoms with Gasteiger partial charge in [0.05, 0.1) is 28.7 Å². The first-order chi connectivity index (χ1) is 12.2. The Morgan fingerprint density at radius 3 is 2.46 bits per heavy atom. The van der Waals surface area contributed by atoms with Crippen LogP contribution < -0.4 is 10.2 Å². The Balaban J connectivity index is 0.00000196. The van der Waals surface area contributed by atoms with Crippen LogP contribution in [-0.4, -0.2) is 53.0 Å². The number of anilines is 2. The van der Waals surface area contributed by atoms with Crippen LogP contribution in [0.15, 0.2) is 36.7 Å². The van der Waals surface area contributed by atoms with Crippen molar-refractivity contribution < 1.29 is 4.79 Å². The molecule has 26 heavy (non-hydrogen) atoms. The van der Waals surface area contributed by atoms with Crippen LogP contribution in [0.5, 0.6) is 0 Å². The van der Waals surface area contributed by atoms with Gasteiger partial charge in [-0.1, -0.05) is 23.7 Å². The summed E-state index contributed by atoms with van der Waals surface area (Å²) in [5.41, 5.74) is 1.00. The van der Waals surface area contributed by atoms with Gasteiger partial charge in [0.2, 0.25) is 5.95 Å². The molecule has 138 valence electrons.